The lowest BCUT2D eigenvalue weighted by molar-refractivity contribution is -0.149. The lowest BCUT2D eigenvalue weighted by Crippen LogP contribution is -2.37. The van der Waals surface area contributed by atoms with E-state index in [1.807, 2.05) is 18.4 Å². The molecule has 0 unspecified atom stereocenters. The van der Waals surface area contributed by atoms with Crippen LogP contribution in [0.3, 0.4) is 0 Å². The summed E-state index contributed by atoms with van der Waals surface area (Å²) in [5.74, 6) is -0.584. The number of anilines is 1. The molecule has 2 atom stereocenters. The Morgan fingerprint density at radius 3 is 2.49 bits per heavy atom. The van der Waals surface area contributed by atoms with Crippen molar-refractivity contribution in [1.82, 2.24) is 19.5 Å². The van der Waals surface area contributed by atoms with E-state index in [4.69, 9.17) is 20.9 Å². The Balaban J connectivity index is 1.88. The number of nitrogen functional groups attached to an aromatic ring is 1. The molecule has 4 N–H and O–H groups in total. The summed E-state index contributed by atoms with van der Waals surface area (Å²) in [7, 11) is 0. The third-order valence-corrected chi connectivity index (χ3v) is 6.06. The zero-order chi connectivity index (χ0) is 25.6. The second-order valence-corrected chi connectivity index (χ2v) is 9.48. The highest BCUT2D eigenvalue weighted by Crippen LogP contribution is 2.16. The van der Waals surface area contributed by atoms with Gasteiger partial charge in [0.1, 0.15) is 11.6 Å². The number of imidazole rings is 1. The third kappa shape index (κ3) is 10.2. The fourth-order valence-electron chi connectivity index (χ4n) is 3.71. The van der Waals surface area contributed by atoms with Crippen molar-refractivity contribution in [3.63, 3.8) is 0 Å². The van der Waals surface area contributed by atoms with Crippen LogP contribution in [0, 0.1) is 11.8 Å². The van der Waals surface area contributed by atoms with Crippen LogP contribution < -0.4 is 11.5 Å². The topological polar surface area (TPSA) is 148 Å². The predicted molar refractivity (Wildman–Crippen MR) is 135 cm³/mol. The van der Waals surface area contributed by atoms with Crippen LogP contribution >= 0.6 is 0 Å². The van der Waals surface area contributed by atoms with Crippen LogP contribution in [-0.2, 0) is 25.6 Å². The van der Waals surface area contributed by atoms with Gasteiger partial charge in [0, 0.05) is 18.9 Å². The maximum atomic E-state index is 12.3. The van der Waals surface area contributed by atoms with Crippen molar-refractivity contribution in [3.8, 4) is 0 Å². The van der Waals surface area contributed by atoms with Crippen LogP contribution in [-0.4, -0.2) is 50.7 Å². The maximum absolute atomic E-state index is 12.3. The minimum atomic E-state index is -0.662. The lowest BCUT2D eigenvalue weighted by Gasteiger charge is -2.19. The highest BCUT2D eigenvalue weighted by molar-refractivity contribution is 5.75. The zero-order valence-electron chi connectivity index (χ0n) is 21.4. The van der Waals surface area contributed by atoms with Crippen molar-refractivity contribution >= 4 is 29.1 Å². The number of aromatic nitrogens is 4. The molecule has 0 saturated carbocycles. The molecule has 0 aliphatic rings. The van der Waals surface area contributed by atoms with Gasteiger partial charge in [-0.15, -0.1) is 0 Å². The number of rotatable bonds is 17. The van der Waals surface area contributed by atoms with Gasteiger partial charge in [-0.1, -0.05) is 59.3 Å². The van der Waals surface area contributed by atoms with Crippen LogP contribution in [0.2, 0.25) is 0 Å². The molecule has 0 bridgehead atoms. The average Bonchev–Trinajstić information content (AvgIpc) is 3.22. The number of hydrogen-bond donors (Lipinski definition) is 2. The third-order valence-electron chi connectivity index (χ3n) is 6.06. The Morgan fingerprint density at radius 2 is 1.77 bits per heavy atom. The van der Waals surface area contributed by atoms with Gasteiger partial charge in [-0.3, -0.25) is 9.59 Å². The van der Waals surface area contributed by atoms with Crippen molar-refractivity contribution < 1.29 is 19.1 Å². The zero-order valence-corrected chi connectivity index (χ0v) is 21.4. The summed E-state index contributed by atoms with van der Waals surface area (Å²) in [6.45, 7) is 6.82. The van der Waals surface area contributed by atoms with Gasteiger partial charge in [0.05, 0.1) is 25.7 Å². The quantitative estimate of drug-likeness (QED) is 0.250. The molecule has 2 heterocycles. The molecule has 2 aromatic rings. The largest absolute Gasteiger partial charge is 0.465 e. The van der Waals surface area contributed by atoms with Gasteiger partial charge >= 0.3 is 11.9 Å². The average molecular weight is 491 g/mol. The van der Waals surface area contributed by atoms with E-state index in [-0.39, 0.29) is 37.0 Å². The molecule has 0 aliphatic carbocycles. The van der Waals surface area contributed by atoms with Gasteiger partial charge in [0.15, 0.2) is 5.65 Å². The second kappa shape index (κ2) is 15.3. The molecule has 0 radical (unpaired) electrons. The second-order valence-electron chi connectivity index (χ2n) is 9.48. The summed E-state index contributed by atoms with van der Waals surface area (Å²) in [6.07, 6.45) is 12.1. The molecule has 2 rings (SSSR count). The number of ether oxygens (including phenoxy) is 2. The molecule has 0 fully saturated rings. The SMILES string of the molecule is CCCCCCCCCC(=O)OC[C@H](CCOC(=O)[C@@H](N)C(C)C)Cn1cnc2cnc(N)nc21. The number of fused-ring (bicyclic) bond motifs is 1. The molecule has 0 spiro atoms. The molecule has 196 valence electrons. The standard InChI is InChI=1S/C25H42N6O4/c1-4-5-6-7-8-9-10-11-21(32)35-16-19(12-13-34-24(33)22(26)18(2)3)15-31-17-29-20-14-28-25(27)30-23(20)31/h14,17-19,22H,4-13,15-16,26H2,1-3H3,(H2,27,28,30)/t19-,22+/m1/s1. The first-order chi connectivity index (χ1) is 16.8. The van der Waals surface area contributed by atoms with Crippen LogP contribution in [0.5, 0.6) is 0 Å². The Kier molecular flexibility index (Phi) is 12.4. The first-order valence-corrected chi connectivity index (χ1v) is 12.8. The van der Waals surface area contributed by atoms with Gasteiger partial charge in [-0.05, 0) is 18.8 Å². The summed E-state index contributed by atoms with van der Waals surface area (Å²) in [5, 5.41) is 0. The Hall–Kier alpha value is -2.75. The molecule has 0 saturated heterocycles. The van der Waals surface area contributed by atoms with Crippen molar-refractivity contribution in [3.05, 3.63) is 12.5 Å². The number of nitrogens with two attached hydrogens (primary N) is 2. The molecular formula is C25H42N6O4. The molecule has 2 aromatic heterocycles. The van der Waals surface area contributed by atoms with E-state index < -0.39 is 12.0 Å². The van der Waals surface area contributed by atoms with Crippen LogP contribution in [0.1, 0.15) is 78.6 Å². The van der Waals surface area contributed by atoms with Crippen molar-refractivity contribution in [2.45, 2.75) is 91.1 Å². The summed E-state index contributed by atoms with van der Waals surface area (Å²) >= 11 is 0. The summed E-state index contributed by atoms with van der Waals surface area (Å²) in [4.78, 5) is 37.0. The van der Waals surface area contributed by atoms with Gasteiger partial charge in [0.25, 0.3) is 0 Å². The molecular weight excluding hydrogens is 448 g/mol. The summed E-state index contributed by atoms with van der Waals surface area (Å²) in [5.41, 5.74) is 12.8. The fourth-order valence-corrected chi connectivity index (χ4v) is 3.71. The number of carbonyl (C=O) groups is 2. The van der Waals surface area contributed by atoms with Crippen LogP contribution in [0.15, 0.2) is 12.5 Å². The van der Waals surface area contributed by atoms with Crippen molar-refractivity contribution in [1.29, 1.82) is 0 Å². The van der Waals surface area contributed by atoms with E-state index in [9.17, 15) is 9.59 Å². The van der Waals surface area contributed by atoms with Crippen LogP contribution in [0.4, 0.5) is 5.95 Å². The Bertz CT molecular complexity index is 916. The molecule has 35 heavy (non-hydrogen) atoms. The van der Waals surface area contributed by atoms with Gasteiger partial charge < -0.3 is 25.5 Å². The van der Waals surface area contributed by atoms with E-state index in [0.717, 1.165) is 19.3 Å². The molecule has 10 heteroatoms. The molecule has 0 aliphatic heterocycles. The number of nitrogens with zero attached hydrogens (tertiary/aromatic N) is 4. The fraction of sp³-hybridized carbons (Fsp3) is 0.720. The first kappa shape index (κ1) is 28.5. The predicted octanol–water partition coefficient (Wildman–Crippen LogP) is 3.63. The number of unbranched alkanes of at least 4 members (excludes halogenated alkanes) is 6. The Labute approximate surface area is 208 Å². The van der Waals surface area contributed by atoms with E-state index in [0.29, 0.717) is 30.6 Å². The maximum Gasteiger partial charge on any atom is 0.323 e. The highest BCUT2D eigenvalue weighted by Gasteiger charge is 2.20. The highest BCUT2D eigenvalue weighted by atomic mass is 16.5. The van der Waals surface area contributed by atoms with Crippen LogP contribution in [0.25, 0.3) is 11.2 Å². The van der Waals surface area contributed by atoms with Crippen molar-refractivity contribution in [2.75, 3.05) is 18.9 Å². The minimum absolute atomic E-state index is 0.00616. The monoisotopic (exact) mass is 490 g/mol. The molecule has 10 nitrogen and oxygen atoms in total. The molecule has 0 aromatic carbocycles. The smallest absolute Gasteiger partial charge is 0.323 e. The van der Waals surface area contributed by atoms with Crippen molar-refractivity contribution in [2.24, 2.45) is 17.6 Å². The first-order valence-electron chi connectivity index (χ1n) is 12.8. The summed E-state index contributed by atoms with van der Waals surface area (Å²) in [6, 6.07) is -0.662. The van der Waals surface area contributed by atoms with E-state index in [1.165, 1.54) is 25.7 Å². The van der Waals surface area contributed by atoms with E-state index >= 15 is 0 Å². The summed E-state index contributed by atoms with van der Waals surface area (Å²) < 4.78 is 12.8. The lowest BCUT2D eigenvalue weighted by atomic mass is 10.1. The van der Waals surface area contributed by atoms with E-state index in [2.05, 4.69) is 21.9 Å². The van der Waals surface area contributed by atoms with Gasteiger partial charge in [-0.25, -0.2) is 9.97 Å². The minimum Gasteiger partial charge on any atom is -0.465 e. The number of esters is 2. The van der Waals surface area contributed by atoms with Gasteiger partial charge in [-0.2, -0.15) is 4.98 Å². The Morgan fingerprint density at radius 1 is 1.06 bits per heavy atom. The normalized spacial score (nSPS) is 13.2. The van der Waals surface area contributed by atoms with Gasteiger partial charge in [0.2, 0.25) is 5.95 Å². The van der Waals surface area contributed by atoms with E-state index in [1.54, 1.807) is 12.5 Å². The number of carbonyl (C=O) groups excluding carboxylic acids is 2. The molecule has 0 amide bonds. The number of hydrogen-bond acceptors (Lipinski definition) is 9.